The van der Waals surface area contributed by atoms with Crippen molar-refractivity contribution in [2.24, 2.45) is 0 Å². The van der Waals surface area contributed by atoms with Crippen molar-refractivity contribution >= 4 is 9.84 Å². The monoisotopic (exact) mass is 371 g/mol. The first kappa shape index (κ1) is 17.6. The van der Waals surface area contributed by atoms with E-state index in [0.717, 1.165) is 6.42 Å². The molecular weight excluding hydrogens is 346 g/mol. The minimum absolute atomic E-state index is 0.0455. The maximum atomic E-state index is 11.6. The molecule has 2 aromatic carbocycles. The molecule has 0 aliphatic heterocycles. The van der Waals surface area contributed by atoms with Crippen molar-refractivity contribution in [3.05, 3.63) is 59.7 Å². The van der Waals surface area contributed by atoms with Gasteiger partial charge in [0, 0.05) is 12.3 Å². The summed E-state index contributed by atoms with van der Waals surface area (Å²) < 4.78 is 29.6. The van der Waals surface area contributed by atoms with Gasteiger partial charge >= 0.3 is 0 Å². The van der Waals surface area contributed by atoms with Crippen molar-refractivity contribution < 1.29 is 13.2 Å². The normalized spacial score (nSPS) is 23.1. The first-order valence-electron chi connectivity index (χ1n) is 9.31. The van der Waals surface area contributed by atoms with Crippen LogP contribution in [-0.4, -0.2) is 26.8 Å². The second-order valence-corrected chi connectivity index (χ2v) is 9.46. The third-order valence-electron chi connectivity index (χ3n) is 5.49. The zero-order valence-electron chi connectivity index (χ0n) is 15.0. The van der Waals surface area contributed by atoms with Crippen molar-refractivity contribution in [3.8, 4) is 5.75 Å². The van der Waals surface area contributed by atoms with Gasteiger partial charge in [0.15, 0.2) is 9.84 Å². The lowest BCUT2D eigenvalue weighted by molar-refractivity contribution is 0.160. The number of hydrogen-bond acceptors (Lipinski definition) is 4. The van der Waals surface area contributed by atoms with Gasteiger partial charge in [0.25, 0.3) is 0 Å². The average molecular weight is 372 g/mol. The molecule has 0 amide bonds. The number of rotatable bonds is 5. The summed E-state index contributed by atoms with van der Waals surface area (Å²) in [7, 11) is -3.19. The lowest BCUT2D eigenvalue weighted by atomic mass is 10.1. The second-order valence-electron chi connectivity index (χ2n) is 7.44. The Labute approximate surface area is 155 Å². The molecule has 1 N–H and O–H groups in total. The van der Waals surface area contributed by atoms with Crippen molar-refractivity contribution in [2.45, 2.75) is 55.2 Å². The van der Waals surface area contributed by atoms with E-state index in [-0.39, 0.29) is 12.1 Å². The fourth-order valence-corrected chi connectivity index (χ4v) is 4.79. The molecule has 2 aliphatic carbocycles. The minimum Gasteiger partial charge on any atom is -0.484 e. The summed E-state index contributed by atoms with van der Waals surface area (Å²) in [6, 6.07) is 16.0. The highest BCUT2D eigenvalue weighted by atomic mass is 32.2. The minimum atomic E-state index is -3.19. The van der Waals surface area contributed by atoms with Crippen LogP contribution in [0.25, 0.3) is 0 Å². The van der Waals surface area contributed by atoms with Gasteiger partial charge in [-0.2, -0.15) is 0 Å². The Hall–Kier alpha value is -1.85. The highest BCUT2D eigenvalue weighted by molar-refractivity contribution is 7.90. The van der Waals surface area contributed by atoms with Gasteiger partial charge in [-0.25, -0.2) is 8.42 Å². The molecule has 0 heterocycles. The van der Waals surface area contributed by atoms with Gasteiger partial charge in [-0.1, -0.05) is 37.1 Å². The molecule has 0 saturated heterocycles. The van der Waals surface area contributed by atoms with E-state index >= 15 is 0 Å². The van der Waals surface area contributed by atoms with Gasteiger partial charge in [-0.05, 0) is 54.7 Å². The predicted octanol–water partition coefficient (Wildman–Crippen LogP) is 3.67. The number of hydrogen-bond donors (Lipinski definition) is 1. The zero-order chi connectivity index (χ0) is 18.1. The van der Waals surface area contributed by atoms with Crippen LogP contribution in [0.1, 0.15) is 42.9 Å². The Morgan fingerprint density at radius 2 is 1.69 bits per heavy atom. The zero-order valence-corrected chi connectivity index (χ0v) is 15.8. The van der Waals surface area contributed by atoms with Crippen molar-refractivity contribution in [1.29, 1.82) is 0 Å². The van der Waals surface area contributed by atoms with Crippen LogP contribution in [0, 0.1) is 0 Å². The molecule has 4 rings (SSSR count). The number of ether oxygens (including phenoxy) is 1. The van der Waals surface area contributed by atoms with Crippen LogP contribution in [0.5, 0.6) is 5.75 Å². The van der Waals surface area contributed by atoms with Gasteiger partial charge in [0.1, 0.15) is 11.9 Å². The summed E-state index contributed by atoms with van der Waals surface area (Å²) in [6.07, 6.45) is 7.23. The lowest BCUT2D eigenvalue weighted by Crippen LogP contribution is -2.41. The van der Waals surface area contributed by atoms with Crippen molar-refractivity contribution in [2.75, 3.05) is 6.26 Å². The molecule has 5 heteroatoms. The first-order chi connectivity index (χ1) is 12.5. The number of nitrogens with one attached hydrogen (secondary N) is 1. The summed E-state index contributed by atoms with van der Waals surface area (Å²) in [5, 5.41) is 3.81. The number of sulfone groups is 1. The van der Waals surface area contributed by atoms with Crippen molar-refractivity contribution in [1.82, 2.24) is 5.32 Å². The number of benzene rings is 2. The molecule has 1 saturated carbocycles. The van der Waals surface area contributed by atoms with Crippen LogP contribution >= 0.6 is 0 Å². The Balaban J connectivity index is 1.56. The van der Waals surface area contributed by atoms with E-state index in [4.69, 9.17) is 4.74 Å². The first-order valence-corrected chi connectivity index (χ1v) is 11.2. The molecule has 1 fully saturated rings. The van der Waals surface area contributed by atoms with Gasteiger partial charge < -0.3 is 10.1 Å². The fraction of sp³-hybridized carbons (Fsp3) is 0.429. The highest BCUT2D eigenvalue weighted by Crippen LogP contribution is 2.36. The van der Waals surface area contributed by atoms with E-state index in [1.807, 2.05) is 0 Å². The van der Waals surface area contributed by atoms with Crippen LogP contribution in [0.2, 0.25) is 0 Å². The standard InChI is InChI=1S/C21H25NO3S/c1-26(23,24)18-12-10-17(11-13-18)25-21-19-9-5-2-6-15(19)14-20(21)22-16-7-3-4-8-16/h2,5-6,9-13,16,20-22H,3-4,7-8,14H2,1H3. The topological polar surface area (TPSA) is 55.4 Å². The van der Waals surface area contributed by atoms with E-state index in [2.05, 4.69) is 29.6 Å². The van der Waals surface area contributed by atoms with Crippen molar-refractivity contribution in [3.63, 3.8) is 0 Å². The third kappa shape index (κ3) is 3.64. The maximum Gasteiger partial charge on any atom is 0.175 e. The SMILES string of the molecule is CS(=O)(=O)c1ccc(OC2c3ccccc3CC2NC2CCCC2)cc1. The molecule has 2 atom stereocenters. The summed E-state index contributed by atoms with van der Waals surface area (Å²) >= 11 is 0. The maximum absolute atomic E-state index is 11.6. The molecule has 2 unspecified atom stereocenters. The molecule has 0 aromatic heterocycles. The van der Waals surface area contributed by atoms with Crippen LogP contribution in [0.4, 0.5) is 0 Å². The average Bonchev–Trinajstić information content (AvgIpc) is 3.24. The van der Waals surface area contributed by atoms with E-state index in [1.54, 1.807) is 24.3 Å². The van der Waals surface area contributed by atoms with E-state index in [1.165, 1.54) is 43.1 Å². The smallest absolute Gasteiger partial charge is 0.175 e. The van der Waals surface area contributed by atoms with Crippen LogP contribution in [0.3, 0.4) is 0 Å². The summed E-state index contributed by atoms with van der Waals surface area (Å²) in [5.74, 6) is 0.706. The highest BCUT2D eigenvalue weighted by Gasteiger charge is 2.35. The lowest BCUT2D eigenvalue weighted by Gasteiger charge is -2.26. The Morgan fingerprint density at radius 3 is 2.38 bits per heavy atom. The molecule has 0 spiro atoms. The number of fused-ring (bicyclic) bond motifs is 1. The molecule has 2 aliphatic rings. The summed E-state index contributed by atoms with van der Waals surface area (Å²) in [6.45, 7) is 0. The quantitative estimate of drug-likeness (QED) is 0.871. The molecule has 26 heavy (non-hydrogen) atoms. The molecule has 0 bridgehead atoms. The molecular formula is C21H25NO3S. The third-order valence-corrected chi connectivity index (χ3v) is 6.62. The molecule has 2 aromatic rings. The van der Waals surface area contributed by atoms with Crippen LogP contribution in [-0.2, 0) is 16.3 Å². The predicted molar refractivity (Wildman–Crippen MR) is 102 cm³/mol. The van der Waals surface area contributed by atoms with Gasteiger partial charge in [0.2, 0.25) is 0 Å². The van der Waals surface area contributed by atoms with Crippen LogP contribution < -0.4 is 10.1 Å². The second kappa shape index (κ2) is 7.05. The molecule has 4 nitrogen and oxygen atoms in total. The fourth-order valence-electron chi connectivity index (χ4n) is 4.16. The van der Waals surface area contributed by atoms with Crippen LogP contribution in [0.15, 0.2) is 53.4 Å². The Bertz CT molecular complexity index is 870. The molecule has 138 valence electrons. The van der Waals surface area contributed by atoms with Gasteiger partial charge in [0.05, 0.1) is 10.9 Å². The largest absolute Gasteiger partial charge is 0.484 e. The van der Waals surface area contributed by atoms with E-state index in [0.29, 0.717) is 16.7 Å². The summed E-state index contributed by atoms with van der Waals surface area (Å²) in [4.78, 5) is 0.317. The van der Waals surface area contributed by atoms with E-state index < -0.39 is 9.84 Å². The Kier molecular flexibility index (Phi) is 4.76. The molecule has 0 radical (unpaired) electrons. The Morgan fingerprint density at radius 1 is 1.00 bits per heavy atom. The van der Waals surface area contributed by atoms with Gasteiger partial charge in [-0.3, -0.25) is 0 Å². The summed E-state index contributed by atoms with van der Waals surface area (Å²) in [5.41, 5.74) is 2.57. The van der Waals surface area contributed by atoms with Gasteiger partial charge in [-0.15, -0.1) is 0 Å². The van der Waals surface area contributed by atoms with E-state index in [9.17, 15) is 8.42 Å².